The molecule has 1 saturated heterocycles. The van der Waals surface area contributed by atoms with Gasteiger partial charge in [-0.15, -0.1) is 0 Å². The lowest BCUT2D eigenvalue weighted by Gasteiger charge is -2.33. The molecule has 0 radical (unpaired) electrons. The van der Waals surface area contributed by atoms with E-state index >= 15 is 0 Å². The lowest BCUT2D eigenvalue weighted by atomic mass is 9.82. The first-order valence-electron chi connectivity index (χ1n) is 15.1. The number of benzene rings is 2. The molecule has 3 heterocycles. The van der Waals surface area contributed by atoms with E-state index in [9.17, 15) is 9.90 Å². The molecule has 2 aromatic carbocycles. The highest BCUT2D eigenvalue weighted by molar-refractivity contribution is 5.69. The lowest BCUT2D eigenvalue weighted by molar-refractivity contribution is -0.311. The molecule has 6 rings (SSSR count). The van der Waals surface area contributed by atoms with E-state index in [-0.39, 0.29) is 17.6 Å². The Labute approximate surface area is 243 Å². The van der Waals surface area contributed by atoms with Crippen LogP contribution >= 0.6 is 0 Å². The summed E-state index contributed by atoms with van der Waals surface area (Å²) in [4.78, 5) is 18.7. The Morgan fingerprint density at radius 2 is 1.98 bits per heavy atom. The Morgan fingerprint density at radius 3 is 2.68 bits per heavy atom. The summed E-state index contributed by atoms with van der Waals surface area (Å²) in [6, 6.07) is 17.2. The molecule has 0 bridgehead atoms. The van der Waals surface area contributed by atoms with Gasteiger partial charge in [-0.1, -0.05) is 37.3 Å². The molecule has 2 fully saturated rings. The number of carboxylic acids is 1. The third-order valence-electron chi connectivity index (χ3n) is 9.65. The largest absolute Gasteiger partial charge is 0.550 e. The van der Waals surface area contributed by atoms with E-state index in [0.29, 0.717) is 11.8 Å². The van der Waals surface area contributed by atoms with Crippen LogP contribution in [0.5, 0.6) is 11.6 Å². The summed E-state index contributed by atoms with van der Waals surface area (Å²) in [5, 5.41) is 11.8. The average Bonchev–Trinajstić information content (AvgIpc) is 3.75. The van der Waals surface area contributed by atoms with Gasteiger partial charge in [-0.05, 0) is 116 Å². The number of carbonyl (C=O) groups excluding carboxylic acids is 1. The van der Waals surface area contributed by atoms with Crippen molar-refractivity contribution < 1.29 is 19.4 Å². The van der Waals surface area contributed by atoms with E-state index in [4.69, 9.17) is 9.47 Å². The lowest BCUT2D eigenvalue weighted by Crippen LogP contribution is -2.37. The Hall–Kier alpha value is -3.38. The van der Waals surface area contributed by atoms with Gasteiger partial charge in [-0.25, -0.2) is 4.98 Å². The van der Waals surface area contributed by atoms with Gasteiger partial charge in [0.2, 0.25) is 5.88 Å². The second-order valence-electron chi connectivity index (χ2n) is 12.8. The number of aromatic nitrogens is 1. The normalized spacial score (nSPS) is 21.5. The van der Waals surface area contributed by atoms with Crippen molar-refractivity contribution in [1.82, 2.24) is 9.88 Å². The summed E-state index contributed by atoms with van der Waals surface area (Å²) in [7, 11) is 1.65. The molecule has 3 aromatic rings. The van der Waals surface area contributed by atoms with Gasteiger partial charge in [0, 0.05) is 36.2 Å². The van der Waals surface area contributed by atoms with Crippen molar-refractivity contribution in [3.8, 4) is 22.8 Å². The molecule has 0 amide bonds. The molecule has 1 aromatic heterocycles. The van der Waals surface area contributed by atoms with Crippen LogP contribution in [-0.2, 0) is 17.8 Å². The number of methoxy groups -OCH3 is 1. The summed E-state index contributed by atoms with van der Waals surface area (Å²) in [5.41, 5.74) is 7.18. The van der Waals surface area contributed by atoms with Crippen LogP contribution in [0.3, 0.4) is 0 Å². The predicted molar refractivity (Wildman–Crippen MR) is 158 cm³/mol. The Morgan fingerprint density at radius 1 is 1.15 bits per heavy atom. The van der Waals surface area contributed by atoms with Crippen LogP contribution < -0.4 is 14.6 Å². The number of hydrogen-bond acceptors (Lipinski definition) is 6. The molecule has 3 atom stereocenters. The third kappa shape index (κ3) is 5.72. The highest BCUT2D eigenvalue weighted by Gasteiger charge is 2.37. The van der Waals surface area contributed by atoms with Crippen molar-refractivity contribution in [2.24, 2.45) is 11.8 Å². The van der Waals surface area contributed by atoms with Crippen molar-refractivity contribution in [2.75, 3.05) is 13.7 Å². The van der Waals surface area contributed by atoms with E-state index in [1.54, 1.807) is 20.2 Å². The Bertz CT molecular complexity index is 1430. The minimum absolute atomic E-state index is 0.0265. The molecule has 6 heteroatoms. The van der Waals surface area contributed by atoms with Gasteiger partial charge in [-0.3, -0.25) is 4.90 Å². The van der Waals surface area contributed by atoms with E-state index in [2.05, 4.69) is 66.2 Å². The molecule has 1 unspecified atom stereocenters. The number of ether oxygens (including phenoxy) is 2. The van der Waals surface area contributed by atoms with Gasteiger partial charge in [0.25, 0.3) is 0 Å². The maximum atomic E-state index is 11.8. The van der Waals surface area contributed by atoms with Gasteiger partial charge in [0.05, 0.1) is 7.11 Å². The van der Waals surface area contributed by atoms with Gasteiger partial charge < -0.3 is 19.4 Å². The third-order valence-corrected chi connectivity index (χ3v) is 9.65. The molecular weight excluding hydrogens is 512 g/mol. The van der Waals surface area contributed by atoms with Gasteiger partial charge >= 0.3 is 0 Å². The molecule has 216 valence electrons. The Kier molecular flexibility index (Phi) is 7.54. The molecule has 0 N–H and O–H groups in total. The van der Waals surface area contributed by atoms with Crippen molar-refractivity contribution in [2.45, 2.75) is 83.4 Å². The van der Waals surface area contributed by atoms with Crippen LogP contribution in [0.4, 0.5) is 0 Å². The van der Waals surface area contributed by atoms with Crippen molar-refractivity contribution in [3.05, 3.63) is 77.0 Å². The second-order valence-corrected chi connectivity index (χ2v) is 12.8. The minimum atomic E-state index is -0.973. The quantitative estimate of drug-likeness (QED) is 0.320. The number of likely N-dealkylation sites (tertiary alicyclic amines) is 1. The van der Waals surface area contributed by atoms with E-state index in [1.165, 1.54) is 35.1 Å². The number of aryl methyl sites for hydroxylation is 1. The molecule has 2 aliphatic heterocycles. The second kappa shape index (κ2) is 11.1. The summed E-state index contributed by atoms with van der Waals surface area (Å²) >= 11 is 0. The van der Waals surface area contributed by atoms with Gasteiger partial charge in [0.15, 0.2) is 0 Å². The highest BCUT2D eigenvalue weighted by atomic mass is 16.5. The number of aliphatic carboxylic acids is 1. The summed E-state index contributed by atoms with van der Waals surface area (Å²) < 4.78 is 12.1. The summed E-state index contributed by atoms with van der Waals surface area (Å²) in [5.74, 6) is 0.397. The van der Waals surface area contributed by atoms with Crippen LogP contribution in [0, 0.1) is 11.8 Å². The fourth-order valence-electron chi connectivity index (χ4n) is 6.98. The maximum Gasteiger partial charge on any atom is 0.213 e. The van der Waals surface area contributed by atoms with Gasteiger partial charge in [-0.2, -0.15) is 0 Å². The molecule has 1 aliphatic carbocycles. The number of hydrogen-bond donors (Lipinski definition) is 0. The zero-order chi connectivity index (χ0) is 28.7. The van der Waals surface area contributed by atoms with E-state index in [0.717, 1.165) is 55.6 Å². The SMILES string of the molecule is COc1cc(-c2ccc(C3CCc4ccc([C@H](C5CC5)[C@H](C)C(=O)[O-])cc4O3)cc2CN2CCCC2(C)C)ccn1. The zero-order valence-electron chi connectivity index (χ0n) is 24.7. The molecule has 3 aliphatic rings. The standard InChI is InChI=1S/C35H42N2O4/c1-22(34(38)39)33(24-7-8-24)27-9-6-23-11-13-30(41-31(23)19-27)26-10-12-29(25-14-16-36-32(20-25)40-4)28(18-26)21-37-17-5-15-35(37,2)3/h6,9-10,12,14,16,18-20,22,24,30,33H,5,7-8,11,13,15,17,21H2,1-4H3,(H,38,39)/p-1/t22-,30?,33-/m0/s1. The molecule has 41 heavy (non-hydrogen) atoms. The smallest absolute Gasteiger partial charge is 0.213 e. The summed E-state index contributed by atoms with van der Waals surface area (Å²) in [6.07, 6.45) is 8.17. The van der Waals surface area contributed by atoms with Crippen LogP contribution in [0.2, 0.25) is 0 Å². The van der Waals surface area contributed by atoms with Crippen LogP contribution in [-0.4, -0.2) is 35.0 Å². The van der Waals surface area contributed by atoms with E-state index < -0.39 is 11.9 Å². The fraction of sp³-hybridized carbons (Fsp3) is 0.486. The minimum Gasteiger partial charge on any atom is -0.550 e. The monoisotopic (exact) mass is 553 g/mol. The zero-order valence-corrected chi connectivity index (χ0v) is 24.7. The number of rotatable bonds is 9. The molecular formula is C35H41N2O4-. The maximum absolute atomic E-state index is 11.8. The highest BCUT2D eigenvalue weighted by Crippen LogP contribution is 2.48. The first-order chi connectivity index (χ1) is 19.7. The fourth-order valence-corrected chi connectivity index (χ4v) is 6.98. The van der Waals surface area contributed by atoms with Gasteiger partial charge in [0.1, 0.15) is 11.9 Å². The first kappa shape index (κ1) is 27.8. The summed E-state index contributed by atoms with van der Waals surface area (Å²) in [6.45, 7) is 8.43. The van der Waals surface area contributed by atoms with Crippen LogP contribution in [0.1, 0.15) is 87.2 Å². The van der Waals surface area contributed by atoms with Crippen molar-refractivity contribution in [3.63, 3.8) is 0 Å². The van der Waals surface area contributed by atoms with E-state index in [1.807, 2.05) is 6.07 Å². The van der Waals surface area contributed by atoms with Crippen LogP contribution in [0.25, 0.3) is 11.1 Å². The van der Waals surface area contributed by atoms with Crippen LogP contribution in [0.15, 0.2) is 54.7 Å². The van der Waals surface area contributed by atoms with Crippen molar-refractivity contribution >= 4 is 5.97 Å². The number of pyridine rings is 1. The Balaban J connectivity index is 1.31. The molecule has 0 spiro atoms. The first-order valence-corrected chi connectivity index (χ1v) is 15.1. The molecule has 1 saturated carbocycles. The number of nitrogens with zero attached hydrogens (tertiary/aromatic N) is 2. The molecule has 6 nitrogen and oxygen atoms in total. The predicted octanol–water partition coefficient (Wildman–Crippen LogP) is 6.08. The number of carboxylic acid groups (broad SMARTS) is 1. The topological polar surface area (TPSA) is 74.7 Å². The van der Waals surface area contributed by atoms with Crippen molar-refractivity contribution in [1.29, 1.82) is 0 Å². The number of carbonyl (C=O) groups is 1. The average molecular weight is 554 g/mol. The number of fused-ring (bicyclic) bond motifs is 1.